The van der Waals surface area contributed by atoms with Gasteiger partial charge in [0.15, 0.2) is 0 Å². The Morgan fingerprint density at radius 3 is 2.62 bits per heavy atom. The molecule has 0 bridgehead atoms. The molecule has 8 nitrogen and oxygen atoms in total. The van der Waals surface area contributed by atoms with E-state index in [4.69, 9.17) is 4.74 Å². The van der Waals surface area contributed by atoms with Gasteiger partial charge in [0.1, 0.15) is 16.5 Å². The van der Waals surface area contributed by atoms with Crippen LogP contribution in [0.15, 0.2) is 47.4 Å². The number of rotatable bonds is 5. The van der Waals surface area contributed by atoms with Gasteiger partial charge in [-0.25, -0.2) is 13.4 Å². The number of hydrogen-bond acceptors (Lipinski definition) is 5. The van der Waals surface area contributed by atoms with Crippen LogP contribution in [0.25, 0.3) is 11.0 Å². The van der Waals surface area contributed by atoms with Crippen molar-refractivity contribution in [3.63, 3.8) is 0 Å². The van der Waals surface area contributed by atoms with Gasteiger partial charge < -0.3 is 14.6 Å². The molecule has 2 aliphatic rings. The summed E-state index contributed by atoms with van der Waals surface area (Å²) in [5.41, 5.74) is 2.14. The number of aromatic nitrogens is 2. The lowest BCUT2D eigenvalue weighted by atomic mass is 10.1. The van der Waals surface area contributed by atoms with E-state index in [-0.39, 0.29) is 22.6 Å². The number of imidazole rings is 1. The molecule has 9 heteroatoms. The molecule has 0 radical (unpaired) electrons. The first-order valence-electron chi connectivity index (χ1n) is 10.9. The zero-order chi connectivity index (χ0) is 22.3. The van der Waals surface area contributed by atoms with E-state index in [1.807, 2.05) is 24.3 Å². The molecule has 1 atom stereocenters. The van der Waals surface area contributed by atoms with E-state index in [1.54, 1.807) is 17.0 Å². The zero-order valence-corrected chi connectivity index (χ0v) is 18.8. The number of aromatic amines is 1. The van der Waals surface area contributed by atoms with Crippen LogP contribution in [-0.4, -0.2) is 60.2 Å². The molecule has 2 aromatic carbocycles. The molecule has 0 saturated carbocycles. The van der Waals surface area contributed by atoms with E-state index in [1.165, 1.54) is 17.5 Å². The van der Waals surface area contributed by atoms with E-state index in [2.05, 4.69) is 9.97 Å². The lowest BCUT2D eigenvalue weighted by molar-refractivity contribution is 0.0730. The number of para-hydroxylation sites is 2. The van der Waals surface area contributed by atoms with Crippen molar-refractivity contribution in [3.05, 3.63) is 53.9 Å². The fourth-order valence-electron chi connectivity index (χ4n) is 4.67. The predicted octanol–water partition coefficient (Wildman–Crippen LogP) is 3.33. The topological polar surface area (TPSA) is 95.6 Å². The molecule has 168 valence electrons. The van der Waals surface area contributed by atoms with Crippen molar-refractivity contribution < 1.29 is 17.9 Å². The Morgan fingerprint density at radius 2 is 1.88 bits per heavy atom. The summed E-state index contributed by atoms with van der Waals surface area (Å²) in [6.45, 7) is 1.58. The number of amides is 1. The number of hydrogen-bond donors (Lipinski definition) is 1. The highest BCUT2D eigenvalue weighted by Gasteiger charge is 2.35. The molecule has 2 saturated heterocycles. The lowest BCUT2D eigenvalue weighted by Gasteiger charge is -2.24. The molecule has 0 aliphatic carbocycles. The fraction of sp³-hybridized carbons (Fsp3) is 0.391. The van der Waals surface area contributed by atoms with Gasteiger partial charge in [-0.3, -0.25) is 4.79 Å². The Bertz CT molecular complexity index is 1230. The molecule has 0 unspecified atom stereocenters. The third kappa shape index (κ3) is 3.55. The van der Waals surface area contributed by atoms with Crippen molar-refractivity contribution in [3.8, 4) is 5.75 Å². The highest BCUT2D eigenvalue weighted by atomic mass is 32.2. The van der Waals surface area contributed by atoms with Gasteiger partial charge in [0, 0.05) is 25.2 Å². The third-order valence-electron chi connectivity index (χ3n) is 6.33. The second kappa shape index (κ2) is 8.22. The highest BCUT2D eigenvalue weighted by molar-refractivity contribution is 7.89. The first kappa shape index (κ1) is 21.0. The molecule has 0 spiro atoms. The smallest absolute Gasteiger partial charge is 0.254 e. The van der Waals surface area contributed by atoms with Crippen molar-refractivity contribution in [2.75, 3.05) is 26.7 Å². The maximum Gasteiger partial charge on any atom is 0.254 e. The minimum absolute atomic E-state index is 0.0484. The molecule has 2 fully saturated rings. The normalized spacial score (nSPS) is 19.7. The zero-order valence-electron chi connectivity index (χ0n) is 18.0. The maximum atomic E-state index is 13.5. The monoisotopic (exact) mass is 454 g/mol. The fourth-order valence-corrected chi connectivity index (χ4v) is 6.37. The largest absolute Gasteiger partial charge is 0.495 e. The minimum Gasteiger partial charge on any atom is -0.495 e. The molecule has 1 amide bonds. The number of carbonyl (C=O) groups is 1. The summed E-state index contributed by atoms with van der Waals surface area (Å²) in [4.78, 5) is 23.3. The van der Waals surface area contributed by atoms with E-state index >= 15 is 0 Å². The van der Waals surface area contributed by atoms with Crippen LogP contribution in [-0.2, 0) is 10.0 Å². The summed E-state index contributed by atoms with van der Waals surface area (Å²) < 4.78 is 33.2. The van der Waals surface area contributed by atoms with Crippen LogP contribution in [0.4, 0.5) is 0 Å². The number of nitrogens with zero attached hydrogens (tertiary/aromatic N) is 3. The summed E-state index contributed by atoms with van der Waals surface area (Å²) in [6.07, 6.45) is 3.35. The third-order valence-corrected chi connectivity index (χ3v) is 8.25. The molecule has 5 rings (SSSR count). The molecule has 3 heterocycles. The van der Waals surface area contributed by atoms with Crippen LogP contribution in [0.2, 0.25) is 0 Å². The van der Waals surface area contributed by atoms with Crippen LogP contribution < -0.4 is 4.74 Å². The van der Waals surface area contributed by atoms with Crippen molar-refractivity contribution in [2.45, 2.75) is 36.6 Å². The molecular weight excluding hydrogens is 428 g/mol. The number of sulfonamides is 1. The number of likely N-dealkylation sites (tertiary alicyclic amines) is 1. The number of nitrogens with one attached hydrogen (secondary N) is 1. The van der Waals surface area contributed by atoms with Gasteiger partial charge in [0.2, 0.25) is 10.0 Å². The summed E-state index contributed by atoms with van der Waals surface area (Å²) in [5.74, 6) is 0.813. The van der Waals surface area contributed by atoms with Gasteiger partial charge >= 0.3 is 0 Å². The summed E-state index contributed by atoms with van der Waals surface area (Å²) in [7, 11) is -2.28. The highest BCUT2D eigenvalue weighted by Crippen LogP contribution is 2.35. The number of fused-ring (bicyclic) bond motifs is 1. The van der Waals surface area contributed by atoms with Gasteiger partial charge in [-0.05, 0) is 56.0 Å². The lowest BCUT2D eigenvalue weighted by Crippen LogP contribution is -2.32. The Labute approximate surface area is 187 Å². The second-order valence-corrected chi connectivity index (χ2v) is 10.2. The molecule has 3 aromatic rings. The van der Waals surface area contributed by atoms with Gasteiger partial charge in [0.05, 0.1) is 24.2 Å². The number of ether oxygens (including phenoxy) is 1. The number of H-pyrrole nitrogens is 1. The molecular formula is C23H26N4O4S. The van der Waals surface area contributed by atoms with Crippen molar-refractivity contribution in [1.82, 2.24) is 19.2 Å². The average molecular weight is 455 g/mol. The Balaban J connectivity index is 1.48. The molecule has 1 N–H and O–H groups in total. The second-order valence-electron chi connectivity index (χ2n) is 8.27. The molecule has 2 aliphatic heterocycles. The first-order chi connectivity index (χ1) is 15.5. The Kier molecular flexibility index (Phi) is 5.38. The molecule has 32 heavy (non-hydrogen) atoms. The number of carbonyl (C=O) groups excluding carboxylic acids is 1. The van der Waals surface area contributed by atoms with E-state index in [9.17, 15) is 13.2 Å². The summed E-state index contributed by atoms with van der Waals surface area (Å²) >= 11 is 0. The van der Waals surface area contributed by atoms with E-state index < -0.39 is 10.0 Å². The van der Waals surface area contributed by atoms with Crippen LogP contribution in [0, 0.1) is 0 Å². The van der Waals surface area contributed by atoms with Crippen LogP contribution >= 0.6 is 0 Å². The van der Waals surface area contributed by atoms with Gasteiger partial charge in [-0.1, -0.05) is 12.1 Å². The first-order valence-corrected chi connectivity index (χ1v) is 12.4. The average Bonchev–Trinajstić information content (AvgIpc) is 3.57. The predicted molar refractivity (Wildman–Crippen MR) is 120 cm³/mol. The summed E-state index contributed by atoms with van der Waals surface area (Å²) in [6, 6.07) is 12.3. The van der Waals surface area contributed by atoms with E-state index in [0.717, 1.165) is 42.5 Å². The van der Waals surface area contributed by atoms with Gasteiger partial charge in [-0.15, -0.1) is 0 Å². The standard InChI is InChI=1S/C23H26N4O4S/c1-31-20-11-10-16(15-21(20)32(29,30)26-12-4-5-13-26)23(28)27-14-6-9-19(27)22-24-17-7-2-3-8-18(17)25-22/h2-3,7-8,10-11,15,19H,4-6,9,12-14H2,1H3,(H,24,25)/t19-/m0/s1. The number of benzene rings is 2. The van der Waals surface area contributed by atoms with Crippen molar-refractivity contribution in [1.29, 1.82) is 0 Å². The minimum atomic E-state index is -3.72. The van der Waals surface area contributed by atoms with Gasteiger partial charge in [0.25, 0.3) is 5.91 Å². The quantitative estimate of drug-likeness (QED) is 0.638. The Hall–Kier alpha value is -2.91. The number of methoxy groups -OCH3 is 1. The maximum absolute atomic E-state index is 13.5. The van der Waals surface area contributed by atoms with Crippen molar-refractivity contribution >= 4 is 27.0 Å². The van der Waals surface area contributed by atoms with Crippen molar-refractivity contribution in [2.24, 2.45) is 0 Å². The van der Waals surface area contributed by atoms with Crippen LogP contribution in [0.3, 0.4) is 0 Å². The van der Waals surface area contributed by atoms with Crippen LogP contribution in [0.1, 0.15) is 47.9 Å². The Morgan fingerprint density at radius 1 is 1.09 bits per heavy atom. The summed E-state index contributed by atoms with van der Waals surface area (Å²) in [5, 5.41) is 0. The molecule has 1 aromatic heterocycles. The van der Waals surface area contributed by atoms with Gasteiger partial charge in [-0.2, -0.15) is 4.31 Å². The van der Waals surface area contributed by atoms with Crippen LogP contribution in [0.5, 0.6) is 5.75 Å². The van der Waals surface area contributed by atoms with E-state index in [0.29, 0.717) is 25.2 Å². The SMILES string of the molecule is COc1ccc(C(=O)N2CCC[C@H]2c2nc3ccccc3[nH]2)cc1S(=O)(=O)N1CCCC1.